The van der Waals surface area contributed by atoms with E-state index in [9.17, 15) is 4.79 Å². The van der Waals surface area contributed by atoms with E-state index in [2.05, 4.69) is 20.8 Å². The molecule has 0 aromatic heterocycles. The van der Waals surface area contributed by atoms with Crippen LogP contribution in [0, 0.1) is 16.7 Å². The third kappa shape index (κ3) is 0.999. The van der Waals surface area contributed by atoms with E-state index in [-0.39, 0.29) is 10.8 Å². The van der Waals surface area contributed by atoms with Gasteiger partial charge in [0.2, 0.25) is 0 Å². The molecule has 2 rings (SSSR count). The summed E-state index contributed by atoms with van der Waals surface area (Å²) in [6.07, 6.45) is 4.86. The van der Waals surface area contributed by atoms with Crippen LogP contribution in [0.2, 0.25) is 0 Å². The van der Waals surface area contributed by atoms with Gasteiger partial charge in [-0.1, -0.05) is 26.3 Å². The molecule has 2 saturated carbocycles. The third-order valence-corrected chi connectivity index (χ3v) is 4.91. The second-order valence-corrected chi connectivity index (χ2v) is 5.50. The number of carboxylic acid groups (broad SMARTS) is 1. The fourth-order valence-corrected chi connectivity index (χ4v) is 3.39. The second kappa shape index (κ2) is 2.62. The first-order valence-corrected chi connectivity index (χ1v) is 5.32. The highest BCUT2D eigenvalue weighted by Gasteiger charge is 2.58. The lowest BCUT2D eigenvalue weighted by Gasteiger charge is -2.35. The molecule has 2 fully saturated rings. The molecule has 0 radical (unpaired) electrons. The number of fused-ring (bicyclic) bond motifs is 2. The van der Waals surface area contributed by atoms with Gasteiger partial charge in [-0.05, 0) is 36.0 Å². The molecule has 2 bridgehead atoms. The monoisotopic (exact) mass is 194 g/mol. The predicted molar refractivity (Wildman–Crippen MR) is 54.9 cm³/mol. The van der Waals surface area contributed by atoms with Crippen molar-refractivity contribution in [2.24, 2.45) is 16.7 Å². The molecule has 2 nitrogen and oxygen atoms in total. The molecule has 0 amide bonds. The zero-order chi connectivity index (χ0) is 10.6. The Balaban J connectivity index is 2.41. The average molecular weight is 194 g/mol. The molecule has 14 heavy (non-hydrogen) atoms. The summed E-state index contributed by atoms with van der Waals surface area (Å²) >= 11 is 0. The quantitative estimate of drug-likeness (QED) is 0.652. The van der Waals surface area contributed by atoms with Crippen molar-refractivity contribution in [1.29, 1.82) is 0 Å². The molecule has 0 aromatic rings. The summed E-state index contributed by atoms with van der Waals surface area (Å²) in [5.74, 6) is -0.0947. The molecule has 2 atom stereocenters. The van der Waals surface area contributed by atoms with Crippen molar-refractivity contribution >= 4 is 5.97 Å². The van der Waals surface area contributed by atoms with Crippen LogP contribution in [0.25, 0.3) is 0 Å². The largest absolute Gasteiger partial charge is 0.478 e. The molecule has 2 aliphatic rings. The van der Waals surface area contributed by atoms with Gasteiger partial charge in [0.1, 0.15) is 0 Å². The molecule has 0 spiro atoms. The summed E-state index contributed by atoms with van der Waals surface area (Å²) in [4.78, 5) is 10.7. The lowest BCUT2D eigenvalue weighted by Crippen LogP contribution is -2.28. The summed E-state index contributed by atoms with van der Waals surface area (Å²) in [5, 5.41) is 8.81. The van der Waals surface area contributed by atoms with Crippen LogP contribution in [-0.2, 0) is 4.79 Å². The topological polar surface area (TPSA) is 37.3 Å². The van der Waals surface area contributed by atoms with E-state index < -0.39 is 5.97 Å². The Morgan fingerprint density at radius 2 is 2.14 bits per heavy atom. The lowest BCUT2D eigenvalue weighted by molar-refractivity contribution is -0.131. The van der Waals surface area contributed by atoms with Gasteiger partial charge in [0.15, 0.2) is 0 Å². The number of hydrogen-bond acceptors (Lipinski definition) is 1. The number of hydrogen-bond donors (Lipinski definition) is 1. The van der Waals surface area contributed by atoms with Crippen LogP contribution in [0.15, 0.2) is 11.6 Å². The Hall–Kier alpha value is -0.790. The molecule has 2 aliphatic carbocycles. The minimum absolute atomic E-state index is 0.135. The maximum atomic E-state index is 10.7. The summed E-state index contributed by atoms with van der Waals surface area (Å²) in [7, 11) is 0. The lowest BCUT2D eigenvalue weighted by atomic mass is 9.69. The normalized spacial score (nSPS) is 41.9. The van der Waals surface area contributed by atoms with E-state index in [0.29, 0.717) is 5.92 Å². The first kappa shape index (κ1) is 9.75. The van der Waals surface area contributed by atoms with Gasteiger partial charge in [0.05, 0.1) is 0 Å². The number of carbonyl (C=O) groups is 1. The molecule has 0 heterocycles. The van der Waals surface area contributed by atoms with Crippen molar-refractivity contribution < 1.29 is 9.90 Å². The SMILES string of the molecule is CC1(C)[C@@H]2CC[C@@]1(C)/C(=C/C(=O)O)C2. The van der Waals surface area contributed by atoms with Crippen molar-refractivity contribution in [3.63, 3.8) is 0 Å². The minimum Gasteiger partial charge on any atom is -0.478 e. The Bertz CT molecular complexity index is 314. The van der Waals surface area contributed by atoms with Gasteiger partial charge in [-0.15, -0.1) is 0 Å². The first-order chi connectivity index (χ1) is 6.38. The van der Waals surface area contributed by atoms with E-state index >= 15 is 0 Å². The minimum atomic E-state index is -0.787. The van der Waals surface area contributed by atoms with Crippen molar-refractivity contribution in [3.8, 4) is 0 Å². The predicted octanol–water partition coefficient (Wildman–Crippen LogP) is 2.84. The Kier molecular flexibility index (Phi) is 1.82. The van der Waals surface area contributed by atoms with E-state index in [1.807, 2.05) is 0 Å². The van der Waals surface area contributed by atoms with Gasteiger partial charge in [-0.2, -0.15) is 0 Å². The molecule has 78 valence electrons. The first-order valence-electron chi connectivity index (χ1n) is 5.32. The van der Waals surface area contributed by atoms with E-state index in [0.717, 1.165) is 18.4 Å². The van der Waals surface area contributed by atoms with Gasteiger partial charge in [-0.25, -0.2) is 4.79 Å². The summed E-state index contributed by atoms with van der Waals surface area (Å²) in [6.45, 7) is 6.80. The highest BCUT2D eigenvalue weighted by molar-refractivity contribution is 5.81. The van der Waals surface area contributed by atoms with Crippen molar-refractivity contribution in [2.75, 3.05) is 0 Å². The maximum Gasteiger partial charge on any atom is 0.328 e. The van der Waals surface area contributed by atoms with Crippen molar-refractivity contribution in [1.82, 2.24) is 0 Å². The molecule has 0 unspecified atom stereocenters. The number of aliphatic carboxylic acids is 1. The number of carboxylic acids is 1. The molecule has 0 aromatic carbocycles. The van der Waals surface area contributed by atoms with Crippen LogP contribution in [0.4, 0.5) is 0 Å². The molecule has 0 aliphatic heterocycles. The van der Waals surface area contributed by atoms with E-state index in [1.54, 1.807) is 0 Å². The molecular formula is C12H18O2. The maximum absolute atomic E-state index is 10.7. The zero-order valence-electron chi connectivity index (χ0n) is 9.13. The highest BCUT2D eigenvalue weighted by atomic mass is 16.4. The van der Waals surface area contributed by atoms with E-state index in [1.165, 1.54) is 12.5 Å². The van der Waals surface area contributed by atoms with Gasteiger partial charge >= 0.3 is 5.97 Å². The van der Waals surface area contributed by atoms with Gasteiger partial charge < -0.3 is 5.11 Å². The molecule has 2 heteroatoms. The Morgan fingerprint density at radius 1 is 1.50 bits per heavy atom. The van der Waals surface area contributed by atoms with Gasteiger partial charge in [-0.3, -0.25) is 0 Å². The Morgan fingerprint density at radius 3 is 2.50 bits per heavy atom. The standard InChI is InChI=1S/C12H18O2/c1-11(2)8-4-5-12(11,3)9(6-8)7-10(13)14/h7-8H,4-6H2,1-3H3,(H,13,14)/b9-7+/t8-,12+/m1/s1. The summed E-state index contributed by atoms with van der Waals surface area (Å²) in [6, 6.07) is 0. The number of allylic oxidation sites excluding steroid dienone is 1. The van der Waals surface area contributed by atoms with E-state index in [4.69, 9.17) is 5.11 Å². The van der Waals surface area contributed by atoms with Crippen LogP contribution in [0.3, 0.4) is 0 Å². The summed E-state index contributed by atoms with van der Waals surface area (Å²) in [5.41, 5.74) is 1.58. The second-order valence-electron chi connectivity index (χ2n) is 5.50. The van der Waals surface area contributed by atoms with Gasteiger partial charge in [0, 0.05) is 6.08 Å². The van der Waals surface area contributed by atoms with Crippen molar-refractivity contribution in [2.45, 2.75) is 40.0 Å². The van der Waals surface area contributed by atoms with Crippen LogP contribution >= 0.6 is 0 Å². The van der Waals surface area contributed by atoms with Gasteiger partial charge in [0.25, 0.3) is 0 Å². The summed E-state index contributed by atoms with van der Waals surface area (Å²) < 4.78 is 0. The third-order valence-electron chi connectivity index (χ3n) is 4.91. The van der Waals surface area contributed by atoms with Crippen LogP contribution < -0.4 is 0 Å². The average Bonchev–Trinajstić information content (AvgIpc) is 2.35. The number of rotatable bonds is 1. The zero-order valence-corrected chi connectivity index (χ0v) is 9.13. The van der Waals surface area contributed by atoms with Crippen molar-refractivity contribution in [3.05, 3.63) is 11.6 Å². The van der Waals surface area contributed by atoms with Crippen LogP contribution in [0.5, 0.6) is 0 Å². The fraction of sp³-hybridized carbons (Fsp3) is 0.750. The fourth-order valence-electron chi connectivity index (χ4n) is 3.39. The van der Waals surface area contributed by atoms with Crippen LogP contribution in [-0.4, -0.2) is 11.1 Å². The van der Waals surface area contributed by atoms with Crippen LogP contribution in [0.1, 0.15) is 40.0 Å². The molecule has 1 N–H and O–H groups in total. The highest BCUT2D eigenvalue weighted by Crippen LogP contribution is 2.67. The molecular weight excluding hydrogens is 176 g/mol. The molecule has 0 saturated heterocycles. The smallest absolute Gasteiger partial charge is 0.328 e. The Labute approximate surface area is 85.0 Å².